The fourth-order valence-corrected chi connectivity index (χ4v) is 3.00. The van der Waals surface area contributed by atoms with E-state index in [1.165, 1.54) is 3.97 Å². The van der Waals surface area contributed by atoms with Gasteiger partial charge in [0.25, 0.3) is 0 Å². The maximum Gasteiger partial charge on any atom is 0.340 e. The van der Waals surface area contributed by atoms with Gasteiger partial charge in [-0.2, -0.15) is 0 Å². The molecule has 0 atom stereocenters. The van der Waals surface area contributed by atoms with Gasteiger partial charge in [0.1, 0.15) is 11.3 Å². The summed E-state index contributed by atoms with van der Waals surface area (Å²) in [6.45, 7) is 6.23. The van der Waals surface area contributed by atoms with Gasteiger partial charge < -0.3 is 0 Å². The number of nitrogens with zero attached hydrogens (tertiary/aromatic N) is 5. The average molecular weight is 350 g/mol. The van der Waals surface area contributed by atoms with E-state index in [0.29, 0.717) is 23.5 Å². The number of aryl methyl sites for hydroxylation is 1. The van der Waals surface area contributed by atoms with E-state index in [0.717, 1.165) is 11.3 Å². The Bertz CT molecular complexity index is 947. The molecule has 0 spiro atoms. The number of aromatic nitrogens is 5. The van der Waals surface area contributed by atoms with Crippen LogP contribution in [-0.2, 0) is 6.54 Å². The van der Waals surface area contributed by atoms with Crippen LogP contribution < -0.4 is 5.69 Å². The van der Waals surface area contributed by atoms with Gasteiger partial charge in [-0.3, -0.25) is 9.55 Å². The van der Waals surface area contributed by atoms with Crippen molar-refractivity contribution in [3.05, 3.63) is 51.0 Å². The Morgan fingerprint density at radius 2 is 2.09 bits per heavy atom. The molecule has 0 bridgehead atoms. The lowest BCUT2D eigenvalue weighted by molar-refractivity contribution is 0.747. The molecule has 3 aromatic heterocycles. The molecule has 0 amide bonds. The van der Waals surface area contributed by atoms with Crippen molar-refractivity contribution in [3.63, 3.8) is 0 Å². The third kappa shape index (κ3) is 2.86. The van der Waals surface area contributed by atoms with Crippen molar-refractivity contribution >= 4 is 35.6 Å². The summed E-state index contributed by atoms with van der Waals surface area (Å²) < 4.78 is 2.74. The molecule has 0 aromatic carbocycles. The number of halogens is 1. The molecule has 0 radical (unpaired) electrons. The quantitative estimate of drug-likeness (QED) is 0.583. The summed E-state index contributed by atoms with van der Waals surface area (Å²) in [6, 6.07) is 3.80. The van der Waals surface area contributed by atoms with Crippen LogP contribution in [0.25, 0.3) is 11.2 Å². The average Bonchev–Trinajstić information content (AvgIpc) is 2.72. The summed E-state index contributed by atoms with van der Waals surface area (Å²) in [5.41, 5.74) is 2.47. The summed E-state index contributed by atoms with van der Waals surface area (Å²) >= 11 is 10.5. The monoisotopic (exact) mass is 349 g/mol. The third-order valence-corrected chi connectivity index (χ3v) is 4.17. The summed E-state index contributed by atoms with van der Waals surface area (Å²) in [7, 11) is 0. The molecular formula is C15H16ClN5OS. The van der Waals surface area contributed by atoms with Crippen LogP contribution in [-0.4, -0.2) is 23.5 Å². The maximum atomic E-state index is 12.5. The zero-order valence-electron chi connectivity index (χ0n) is 13.0. The second-order valence-electron chi connectivity index (χ2n) is 5.69. The van der Waals surface area contributed by atoms with E-state index in [2.05, 4.69) is 27.8 Å². The third-order valence-electron chi connectivity index (χ3n) is 3.54. The molecule has 3 aromatic rings. The number of thiol groups is 1. The SMILES string of the molecule is Cc1cc(Cn2c(=O)n(S)c3c(Cl)nc(C(C)C)nc32)ccn1. The van der Waals surface area contributed by atoms with Crippen LogP contribution >= 0.6 is 24.4 Å². The van der Waals surface area contributed by atoms with E-state index < -0.39 is 0 Å². The maximum absolute atomic E-state index is 12.5. The summed E-state index contributed by atoms with van der Waals surface area (Å²) in [4.78, 5) is 25.5. The van der Waals surface area contributed by atoms with E-state index in [-0.39, 0.29) is 16.8 Å². The van der Waals surface area contributed by atoms with Crippen LogP contribution in [0.2, 0.25) is 5.15 Å². The highest BCUT2D eigenvalue weighted by Gasteiger charge is 2.19. The van der Waals surface area contributed by atoms with Crippen molar-refractivity contribution in [2.24, 2.45) is 0 Å². The molecule has 0 aliphatic heterocycles. The molecule has 6 nitrogen and oxygen atoms in total. The predicted molar refractivity (Wildman–Crippen MR) is 93.3 cm³/mol. The number of hydrogen-bond acceptors (Lipinski definition) is 5. The molecule has 0 unspecified atom stereocenters. The Kier molecular flexibility index (Phi) is 4.16. The first-order valence-electron chi connectivity index (χ1n) is 7.18. The van der Waals surface area contributed by atoms with Gasteiger partial charge in [-0.05, 0) is 24.6 Å². The van der Waals surface area contributed by atoms with Gasteiger partial charge in [-0.15, -0.1) is 0 Å². The highest BCUT2D eigenvalue weighted by molar-refractivity contribution is 7.78. The number of fused-ring (bicyclic) bond motifs is 1. The van der Waals surface area contributed by atoms with Gasteiger partial charge in [0, 0.05) is 17.8 Å². The van der Waals surface area contributed by atoms with Crippen molar-refractivity contribution in [1.82, 2.24) is 23.5 Å². The van der Waals surface area contributed by atoms with E-state index in [4.69, 9.17) is 11.6 Å². The molecule has 3 rings (SSSR count). The predicted octanol–water partition coefficient (Wildman–Crippen LogP) is 2.81. The minimum atomic E-state index is -0.296. The summed E-state index contributed by atoms with van der Waals surface area (Å²) in [5.74, 6) is 0.702. The van der Waals surface area contributed by atoms with Crippen molar-refractivity contribution < 1.29 is 0 Å². The molecule has 3 heterocycles. The van der Waals surface area contributed by atoms with Crippen LogP contribution in [0, 0.1) is 6.92 Å². The van der Waals surface area contributed by atoms with E-state index in [9.17, 15) is 4.79 Å². The van der Waals surface area contributed by atoms with Gasteiger partial charge in [0.2, 0.25) is 0 Å². The van der Waals surface area contributed by atoms with Crippen LogP contribution in [0.1, 0.15) is 36.8 Å². The number of rotatable bonds is 3. The first-order valence-corrected chi connectivity index (χ1v) is 7.95. The van der Waals surface area contributed by atoms with Crippen molar-refractivity contribution in [1.29, 1.82) is 0 Å². The largest absolute Gasteiger partial charge is 0.340 e. The van der Waals surface area contributed by atoms with E-state index >= 15 is 0 Å². The Morgan fingerprint density at radius 3 is 2.74 bits per heavy atom. The molecule has 0 N–H and O–H groups in total. The highest BCUT2D eigenvalue weighted by Crippen LogP contribution is 2.23. The lowest BCUT2D eigenvalue weighted by Crippen LogP contribution is -2.21. The zero-order chi connectivity index (χ0) is 16.7. The second kappa shape index (κ2) is 5.98. The summed E-state index contributed by atoms with van der Waals surface area (Å²) in [6.07, 6.45) is 1.72. The molecule has 0 aliphatic rings. The zero-order valence-corrected chi connectivity index (χ0v) is 14.6. The Labute approximate surface area is 143 Å². The van der Waals surface area contributed by atoms with E-state index in [1.807, 2.05) is 32.9 Å². The van der Waals surface area contributed by atoms with Gasteiger partial charge in [-0.1, -0.05) is 38.3 Å². The highest BCUT2D eigenvalue weighted by atomic mass is 35.5. The topological polar surface area (TPSA) is 65.6 Å². The van der Waals surface area contributed by atoms with Crippen LogP contribution in [0.4, 0.5) is 0 Å². The van der Waals surface area contributed by atoms with Crippen molar-refractivity contribution in [3.8, 4) is 0 Å². The van der Waals surface area contributed by atoms with Crippen LogP contribution in [0.3, 0.4) is 0 Å². The molecule has 0 saturated carbocycles. The molecular weight excluding hydrogens is 334 g/mol. The van der Waals surface area contributed by atoms with Crippen LogP contribution in [0.15, 0.2) is 23.1 Å². The Hall–Kier alpha value is -1.86. The van der Waals surface area contributed by atoms with Crippen molar-refractivity contribution in [2.75, 3.05) is 0 Å². The van der Waals surface area contributed by atoms with Crippen molar-refractivity contribution in [2.45, 2.75) is 33.2 Å². The number of imidazole rings is 1. The van der Waals surface area contributed by atoms with E-state index in [1.54, 1.807) is 10.8 Å². The normalized spacial score (nSPS) is 11.6. The lowest BCUT2D eigenvalue weighted by atomic mass is 10.2. The number of pyridine rings is 1. The Morgan fingerprint density at radius 1 is 1.35 bits per heavy atom. The first kappa shape index (κ1) is 16.0. The molecule has 23 heavy (non-hydrogen) atoms. The fraction of sp³-hybridized carbons (Fsp3) is 0.333. The summed E-state index contributed by atoms with van der Waals surface area (Å²) in [5, 5.41) is 0.232. The minimum Gasteiger partial charge on any atom is -0.271 e. The van der Waals surface area contributed by atoms with Gasteiger partial charge >= 0.3 is 5.69 Å². The number of hydrogen-bond donors (Lipinski definition) is 1. The van der Waals surface area contributed by atoms with Gasteiger partial charge in [-0.25, -0.2) is 18.7 Å². The smallest absolute Gasteiger partial charge is 0.271 e. The fourth-order valence-electron chi connectivity index (χ4n) is 2.39. The molecule has 8 heteroatoms. The standard InChI is InChI=1S/C15H16ClN5OS/c1-8(2)13-18-12(16)11-14(19-13)20(15(22)21(11)23)7-10-4-5-17-9(3)6-10/h4-6,8,23H,7H2,1-3H3. The Balaban J connectivity index is 2.23. The molecule has 120 valence electrons. The van der Waals surface area contributed by atoms with Gasteiger partial charge in [0.05, 0.1) is 6.54 Å². The van der Waals surface area contributed by atoms with Crippen LogP contribution in [0.5, 0.6) is 0 Å². The lowest BCUT2D eigenvalue weighted by Gasteiger charge is -2.07. The van der Waals surface area contributed by atoms with Gasteiger partial charge in [0.15, 0.2) is 10.8 Å². The molecule has 0 saturated heterocycles. The molecule has 0 fully saturated rings. The minimum absolute atomic E-state index is 0.104. The first-order chi connectivity index (χ1) is 10.9. The molecule has 0 aliphatic carbocycles. The second-order valence-corrected chi connectivity index (χ2v) is 6.44.